The molecule has 0 radical (unpaired) electrons. The van der Waals surface area contributed by atoms with E-state index in [0.717, 1.165) is 11.0 Å². The van der Waals surface area contributed by atoms with Crippen molar-refractivity contribution in [3.8, 4) is 0 Å². The average Bonchev–Trinajstić information content (AvgIpc) is 3.03. The van der Waals surface area contributed by atoms with Crippen LogP contribution in [-0.4, -0.2) is 31.7 Å². The van der Waals surface area contributed by atoms with Crippen molar-refractivity contribution in [2.24, 2.45) is 5.10 Å². The van der Waals surface area contributed by atoms with Crippen LogP contribution in [0.3, 0.4) is 0 Å². The van der Waals surface area contributed by atoms with Gasteiger partial charge in [0.1, 0.15) is 5.52 Å². The summed E-state index contributed by atoms with van der Waals surface area (Å²) in [5.74, 6) is -0.596. The summed E-state index contributed by atoms with van der Waals surface area (Å²) in [7, 11) is 0. The number of aliphatic hydroxyl groups is 1. The molecule has 2 aromatic carbocycles. The molecule has 0 fully saturated rings. The van der Waals surface area contributed by atoms with E-state index in [9.17, 15) is 9.90 Å². The van der Waals surface area contributed by atoms with E-state index in [4.69, 9.17) is 0 Å². The summed E-state index contributed by atoms with van der Waals surface area (Å²) in [6, 6.07) is 16.3. The number of amides is 1. The maximum atomic E-state index is 12.3. The van der Waals surface area contributed by atoms with Gasteiger partial charge in [0.2, 0.25) is 0 Å². The molecule has 0 aliphatic heterocycles. The number of fused-ring (bicyclic) bond motifs is 1. The van der Waals surface area contributed by atoms with Gasteiger partial charge in [-0.3, -0.25) is 4.79 Å². The van der Waals surface area contributed by atoms with Crippen molar-refractivity contribution < 1.29 is 9.90 Å². The monoisotopic (exact) mass is 337 g/mol. The first-order chi connectivity index (χ1) is 12.0. The van der Waals surface area contributed by atoms with Gasteiger partial charge in [-0.2, -0.15) is 5.10 Å². The lowest BCUT2D eigenvalue weighted by Gasteiger charge is -2.21. The highest BCUT2D eigenvalue weighted by Gasteiger charge is 2.32. The largest absolute Gasteiger partial charge is 0.375 e. The predicted molar refractivity (Wildman–Crippen MR) is 94.8 cm³/mol. The number of para-hydroxylation sites is 1. The molecule has 0 aliphatic rings. The van der Waals surface area contributed by atoms with Crippen molar-refractivity contribution >= 4 is 22.7 Å². The van der Waals surface area contributed by atoms with Crippen molar-refractivity contribution in [2.45, 2.75) is 26.0 Å². The summed E-state index contributed by atoms with van der Waals surface area (Å²) in [5, 5.41) is 22.7. The van der Waals surface area contributed by atoms with Crippen molar-refractivity contribution in [2.75, 3.05) is 0 Å². The molecule has 7 nitrogen and oxygen atoms in total. The molecule has 0 saturated carbocycles. The first-order valence-corrected chi connectivity index (χ1v) is 7.88. The molecule has 0 bridgehead atoms. The zero-order valence-corrected chi connectivity index (χ0v) is 14.0. The Kier molecular flexibility index (Phi) is 4.58. The molecule has 3 aromatic rings. The van der Waals surface area contributed by atoms with Crippen LogP contribution < -0.4 is 5.43 Å². The van der Waals surface area contributed by atoms with E-state index < -0.39 is 11.5 Å². The molecule has 0 unspecified atom stereocenters. The molecule has 1 aromatic heterocycles. The predicted octanol–water partition coefficient (Wildman–Crippen LogP) is 1.83. The molecule has 0 spiro atoms. The fraction of sp³-hybridized carbons (Fsp3) is 0.222. The van der Waals surface area contributed by atoms with Gasteiger partial charge in [0.15, 0.2) is 5.60 Å². The SMILES string of the molecule is C/C(Cn1nnc2ccccc21)=N/NC(=O)[C@](C)(O)c1ccccc1. The van der Waals surface area contributed by atoms with E-state index in [1.54, 1.807) is 35.9 Å². The first-order valence-electron chi connectivity index (χ1n) is 7.88. The van der Waals surface area contributed by atoms with Gasteiger partial charge in [-0.25, -0.2) is 10.1 Å². The van der Waals surface area contributed by atoms with E-state index in [1.807, 2.05) is 30.3 Å². The number of hydrogen-bond acceptors (Lipinski definition) is 5. The summed E-state index contributed by atoms with van der Waals surface area (Å²) >= 11 is 0. The molecule has 128 valence electrons. The third kappa shape index (κ3) is 3.56. The van der Waals surface area contributed by atoms with Crippen molar-refractivity contribution in [1.29, 1.82) is 0 Å². The molecule has 1 atom stereocenters. The summed E-state index contributed by atoms with van der Waals surface area (Å²) in [6.45, 7) is 3.59. The number of hydrazone groups is 1. The fourth-order valence-corrected chi connectivity index (χ4v) is 2.44. The van der Waals surface area contributed by atoms with Crippen LogP contribution in [0.5, 0.6) is 0 Å². The highest BCUT2D eigenvalue weighted by atomic mass is 16.3. The lowest BCUT2D eigenvalue weighted by molar-refractivity contribution is -0.139. The van der Waals surface area contributed by atoms with E-state index in [0.29, 0.717) is 17.8 Å². The second kappa shape index (κ2) is 6.82. The number of aromatic nitrogens is 3. The van der Waals surface area contributed by atoms with Gasteiger partial charge < -0.3 is 5.11 Å². The molecule has 3 rings (SSSR count). The summed E-state index contributed by atoms with van der Waals surface area (Å²) in [4.78, 5) is 12.3. The van der Waals surface area contributed by atoms with E-state index >= 15 is 0 Å². The quantitative estimate of drug-likeness (QED) is 0.549. The molecule has 25 heavy (non-hydrogen) atoms. The summed E-state index contributed by atoms with van der Waals surface area (Å²) in [6.07, 6.45) is 0. The van der Waals surface area contributed by atoms with Crippen LogP contribution in [0.25, 0.3) is 11.0 Å². The minimum atomic E-state index is -1.66. The zero-order chi connectivity index (χ0) is 17.9. The number of nitrogens with one attached hydrogen (secondary N) is 1. The first kappa shape index (κ1) is 16.8. The molecular weight excluding hydrogens is 318 g/mol. The molecular formula is C18H19N5O2. The van der Waals surface area contributed by atoms with Crippen LogP contribution in [0.15, 0.2) is 59.7 Å². The standard InChI is InChI=1S/C18H19N5O2/c1-13(12-23-16-11-7-6-10-15(16)20-22-23)19-21-17(24)18(2,25)14-8-4-3-5-9-14/h3-11,25H,12H2,1-2H3,(H,21,24)/b19-13-/t18-/m1/s1. The topological polar surface area (TPSA) is 92.4 Å². The molecule has 0 aliphatic carbocycles. The summed E-state index contributed by atoms with van der Waals surface area (Å²) < 4.78 is 1.70. The third-order valence-corrected chi connectivity index (χ3v) is 3.93. The van der Waals surface area contributed by atoms with Crippen LogP contribution in [0.4, 0.5) is 0 Å². The zero-order valence-electron chi connectivity index (χ0n) is 14.0. The van der Waals surface area contributed by atoms with Crippen LogP contribution in [0, 0.1) is 0 Å². The number of carbonyl (C=O) groups is 1. The summed E-state index contributed by atoms with van der Waals surface area (Å²) in [5.41, 5.74) is 3.58. The Labute approximate surface area is 145 Å². The Hall–Kier alpha value is -3.06. The second-order valence-corrected chi connectivity index (χ2v) is 5.96. The molecule has 1 amide bonds. The normalized spacial score (nSPS) is 14.3. The van der Waals surface area contributed by atoms with Gasteiger partial charge in [0.25, 0.3) is 5.91 Å². The fourth-order valence-electron chi connectivity index (χ4n) is 2.44. The van der Waals surface area contributed by atoms with Crippen molar-refractivity contribution in [1.82, 2.24) is 20.4 Å². The molecule has 7 heteroatoms. The maximum absolute atomic E-state index is 12.3. The Morgan fingerprint density at radius 3 is 2.64 bits per heavy atom. The highest BCUT2D eigenvalue weighted by Crippen LogP contribution is 2.20. The van der Waals surface area contributed by atoms with Crippen molar-refractivity contribution in [3.63, 3.8) is 0 Å². The Bertz CT molecular complexity index is 915. The van der Waals surface area contributed by atoms with E-state index in [-0.39, 0.29) is 0 Å². The number of hydrogen-bond donors (Lipinski definition) is 2. The van der Waals surface area contributed by atoms with Gasteiger partial charge in [0, 0.05) is 0 Å². The average molecular weight is 337 g/mol. The van der Waals surface area contributed by atoms with Gasteiger partial charge in [-0.15, -0.1) is 5.10 Å². The maximum Gasteiger partial charge on any atom is 0.276 e. The van der Waals surface area contributed by atoms with Crippen molar-refractivity contribution in [3.05, 3.63) is 60.2 Å². The lowest BCUT2D eigenvalue weighted by atomic mass is 9.95. The minimum Gasteiger partial charge on any atom is -0.375 e. The van der Waals surface area contributed by atoms with Crippen LogP contribution in [0.2, 0.25) is 0 Å². The number of carbonyl (C=O) groups excluding carboxylic acids is 1. The molecule has 2 N–H and O–H groups in total. The number of nitrogens with zero attached hydrogens (tertiary/aromatic N) is 4. The lowest BCUT2D eigenvalue weighted by Crippen LogP contribution is -2.40. The number of benzene rings is 2. The molecule has 1 heterocycles. The Morgan fingerprint density at radius 2 is 1.88 bits per heavy atom. The van der Waals surface area contributed by atoms with Gasteiger partial charge in [0.05, 0.1) is 17.8 Å². The van der Waals surface area contributed by atoms with Crippen LogP contribution >= 0.6 is 0 Å². The van der Waals surface area contributed by atoms with E-state index in [1.165, 1.54) is 6.92 Å². The molecule has 0 saturated heterocycles. The highest BCUT2D eigenvalue weighted by molar-refractivity contribution is 5.89. The van der Waals surface area contributed by atoms with Crippen LogP contribution in [0.1, 0.15) is 19.4 Å². The van der Waals surface area contributed by atoms with E-state index in [2.05, 4.69) is 20.8 Å². The van der Waals surface area contributed by atoms with Gasteiger partial charge >= 0.3 is 0 Å². The second-order valence-electron chi connectivity index (χ2n) is 5.96. The number of rotatable bonds is 5. The van der Waals surface area contributed by atoms with Gasteiger partial charge in [-0.05, 0) is 31.5 Å². The third-order valence-electron chi connectivity index (χ3n) is 3.93. The van der Waals surface area contributed by atoms with Gasteiger partial charge in [-0.1, -0.05) is 47.7 Å². The Balaban J connectivity index is 1.70. The minimum absolute atomic E-state index is 0.383. The van der Waals surface area contributed by atoms with Crippen LogP contribution in [-0.2, 0) is 16.9 Å². The smallest absolute Gasteiger partial charge is 0.276 e. The Morgan fingerprint density at radius 1 is 1.20 bits per heavy atom.